The summed E-state index contributed by atoms with van der Waals surface area (Å²) in [5.74, 6) is 0. The number of para-hydroxylation sites is 3. The number of benzene rings is 9. The lowest BCUT2D eigenvalue weighted by Crippen LogP contribution is -1.93. The normalized spacial score (nSPS) is 13.3. The van der Waals surface area contributed by atoms with E-state index < -0.39 is 6.04 Å². The summed E-state index contributed by atoms with van der Waals surface area (Å²) in [5, 5.41) is 8.32. The van der Waals surface area contributed by atoms with Crippen LogP contribution in [0.5, 0.6) is 0 Å². The van der Waals surface area contributed by atoms with Gasteiger partial charge < -0.3 is 18.0 Å². The first-order valence-electron chi connectivity index (χ1n) is 21.8. The van der Waals surface area contributed by atoms with Gasteiger partial charge >= 0.3 is 0 Å². The van der Waals surface area contributed by atoms with Gasteiger partial charge in [0.1, 0.15) is 22.3 Å². The van der Waals surface area contributed by atoms with Crippen LogP contribution in [0.25, 0.3) is 121 Å². The highest BCUT2D eigenvalue weighted by Crippen LogP contribution is 2.41. The molecule has 0 fully saturated rings. The molecule has 0 saturated carbocycles. The van der Waals surface area contributed by atoms with E-state index in [1.807, 2.05) is 30.3 Å². The van der Waals surface area contributed by atoms with Crippen molar-refractivity contribution in [2.24, 2.45) is 0 Å². The van der Waals surface area contributed by atoms with Crippen molar-refractivity contribution in [1.29, 1.82) is 0 Å². The van der Waals surface area contributed by atoms with E-state index >= 15 is 0 Å². The molecule has 0 aliphatic carbocycles. The summed E-state index contributed by atoms with van der Waals surface area (Å²) < 4.78 is 59.4. The average Bonchev–Trinajstić information content (AvgIpc) is 4.07. The molecule has 0 aliphatic rings. The molecule has 0 N–H and O–H groups in total. The molecule has 0 unspecified atom stereocenters. The standard InChI is InChI=1S/C54H32N2O2/c1-2-11-33(12-3-1)38-16-10-20-52-54(38)42-25-23-37(32-53(42)58-52)56-47-18-8-5-14-40(47)44-30-35(22-27-49(44)56)34-21-26-48-43(29-34)39-13-4-7-17-46(39)55(48)36-24-28-51-45(31-36)41-15-6-9-19-50(41)57-51/h1-32H/i1D,2D,3D,11D,12D. The predicted molar refractivity (Wildman–Crippen MR) is 241 cm³/mol. The van der Waals surface area contributed by atoms with Gasteiger partial charge in [-0.1, -0.05) is 109 Å². The lowest BCUT2D eigenvalue weighted by molar-refractivity contribution is 0.668. The maximum absolute atomic E-state index is 8.69. The van der Waals surface area contributed by atoms with Gasteiger partial charge in [-0.3, -0.25) is 0 Å². The number of rotatable bonds is 4. The summed E-state index contributed by atoms with van der Waals surface area (Å²) in [6.07, 6.45) is 0. The zero-order chi connectivity index (χ0) is 42.2. The molecular weight excluding hydrogens is 709 g/mol. The summed E-state index contributed by atoms with van der Waals surface area (Å²) >= 11 is 0. The molecule has 4 heterocycles. The molecule has 4 aromatic heterocycles. The Hall–Kier alpha value is -7.82. The smallest absolute Gasteiger partial charge is 0.137 e. The molecule has 0 amide bonds. The zero-order valence-corrected chi connectivity index (χ0v) is 30.8. The number of nitrogens with zero attached hydrogens (tertiary/aromatic N) is 2. The van der Waals surface area contributed by atoms with Gasteiger partial charge in [0, 0.05) is 60.5 Å². The topological polar surface area (TPSA) is 36.1 Å². The number of hydrogen-bond donors (Lipinski definition) is 0. The van der Waals surface area contributed by atoms with E-state index in [2.05, 4.69) is 130 Å². The van der Waals surface area contributed by atoms with Gasteiger partial charge in [-0.15, -0.1) is 0 Å². The molecule has 13 rings (SSSR count). The first-order chi connectivity index (χ1) is 30.8. The third-order valence-corrected chi connectivity index (χ3v) is 11.8. The lowest BCUT2D eigenvalue weighted by atomic mass is 9.99. The Balaban J connectivity index is 0.946. The van der Waals surface area contributed by atoms with E-state index in [0.29, 0.717) is 22.1 Å². The van der Waals surface area contributed by atoms with Crippen LogP contribution in [0.15, 0.2) is 203 Å². The van der Waals surface area contributed by atoms with Crippen LogP contribution in [0.1, 0.15) is 6.85 Å². The molecule has 9 aromatic carbocycles. The second-order valence-corrected chi connectivity index (χ2v) is 14.9. The average molecular weight is 746 g/mol. The van der Waals surface area contributed by atoms with Crippen molar-refractivity contribution < 1.29 is 15.7 Å². The molecule has 0 saturated heterocycles. The van der Waals surface area contributed by atoms with Gasteiger partial charge in [0.15, 0.2) is 0 Å². The minimum atomic E-state index is -0.417. The largest absolute Gasteiger partial charge is 0.456 e. The highest BCUT2D eigenvalue weighted by atomic mass is 16.3. The van der Waals surface area contributed by atoms with E-state index in [1.165, 1.54) is 10.8 Å². The maximum Gasteiger partial charge on any atom is 0.137 e. The summed E-state index contributed by atoms with van der Waals surface area (Å²) in [4.78, 5) is 0. The monoisotopic (exact) mass is 745 g/mol. The number of aromatic nitrogens is 2. The third kappa shape index (κ3) is 4.45. The van der Waals surface area contributed by atoms with Gasteiger partial charge in [-0.25, -0.2) is 0 Å². The molecule has 13 aromatic rings. The van der Waals surface area contributed by atoms with Gasteiger partial charge in [0.25, 0.3) is 0 Å². The maximum atomic E-state index is 8.69. The van der Waals surface area contributed by atoms with E-state index in [4.69, 9.17) is 15.7 Å². The summed E-state index contributed by atoms with van der Waals surface area (Å²) in [6.45, 7) is 0. The first kappa shape index (κ1) is 26.9. The fourth-order valence-electron chi connectivity index (χ4n) is 9.26. The van der Waals surface area contributed by atoms with Crippen LogP contribution in [0.4, 0.5) is 0 Å². The van der Waals surface area contributed by atoms with Crippen molar-refractivity contribution in [3.63, 3.8) is 0 Å². The van der Waals surface area contributed by atoms with Crippen LogP contribution in [0.2, 0.25) is 0 Å². The zero-order valence-electron chi connectivity index (χ0n) is 35.8. The lowest BCUT2D eigenvalue weighted by Gasteiger charge is -2.10. The van der Waals surface area contributed by atoms with Crippen molar-refractivity contribution in [3.8, 4) is 33.6 Å². The number of fused-ring (bicyclic) bond motifs is 12. The third-order valence-electron chi connectivity index (χ3n) is 11.8. The first-order valence-corrected chi connectivity index (χ1v) is 19.3. The van der Waals surface area contributed by atoms with Crippen LogP contribution in [0, 0.1) is 0 Å². The van der Waals surface area contributed by atoms with Crippen LogP contribution in [-0.2, 0) is 0 Å². The van der Waals surface area contributed by atoms with Crippen molar-refractivity contribution in [3.05, 3.63) is 194 Å². The summed E-state index contributed by atoms with van der Waals surface area (Å²) in [5.41, 5.74) is 12.3. The molecule has 4 heteroatoms. The Morgan fingerprint density at radius 3 is 1.64 bits per heavy atom. The van der Waals surface area contributed by atoms with E-state index in [9.17, 15) is 0 Å². The predicted octanol–water partition coefficient (Wildman–Crippen LogP) is 15.0. The molecule has 58 heavy (non-hydrogen) atoms. The van der Waals surface area contributed by atoms with Crippen LogP contribution in [-0.4, -0.2) is 9.13 Å². The van der Waals surface area contributed by atoms with Crippen LogP contribution in [0.3, 0.4) is 0 Å². The molecular formula is C54H32N2O2. The van der Waals surface area contributed by atoms with E-state index in [1.54, 1.807) is 12.1 Å². The van der Waals surface area contributed by atoms with Gasteiger partial charge in [0.05, 0.1) is 28.9 Å². The number of hydrogen-bond acceptors (Lipinski definition) is 2. The van der Waals surface area contributed by atoms with Crippen LogP contribution < -0.4 is 0 Å². The van der Waals surface area contributed by atoms with Crippen molar-refractivity contribution in [2.75, 3.05) is 0 Å². The quantitative estimate of drug-likeness (QED) is 0.180. The molecule has 0 spiro atoms. The van der Waals surface area contributed by atoms with Crippen LogP contribution >= 0.6 is 0 Å². The van der Waals surface area contributed by atoms with Crippen molar-refractivity contribution in [2.45, 2.75) is 0 Å². The molecule has 0 aliphatic heterocycles. The minimum absolute atomic E-state index is 0.155. The van der Waals surface area contributed by atoms with Gasteiger partial charge in [-0.2, -0.15) is 0 Å². The minimum Gasteiger partial charge on any atom is -0.456 e. The molecule has 4 nitrogen and oxygen atoms in total. The molecule has 270 valence electrons. The Labute approximate surface area is 339 Å². The Bertz CT molecular complexity index is 4090. The van der Waals surface area contributed by atoms with E-state index in [0.717, 1.165) is 82.7 Å². The fraction of sp³-hybridized carbons (Fsp3) is 0. The summed E-state index contributed by atoms with van der Waals surface area (Å²) in [6, 6.07) is 55.0. The molecule has 0 bridgehead atoms. The highest BCUT2D eigenvalue weighted by molar-refractivity contribution is 6.15. The molecule has 0 radical (unpaired) electrons. The Morgan fingerprint density at radius 2 is 0.914 bits per heavy atom. The fourth-order valence-corrected chi connectivity index (χ4v) is 9.26. The van der Waals surface area contributed by atoms with E-state index in [-0.39, 0.29) is 29.7 Å². The highest BCUT2D eigenvalue weighted by Gasteiger charge is 2.19. The Morgan fingerprint density at radius 1 is 0.345 bits per heavy atom. The van der Waals surface area contributed by atoms with Crippen molar-refractivity contribution in [1.82, 2.24) is 9.13 Å². The van der Waals surface area contributed by atoms with Gasteiger partial charge in [0.2, 0.25) is 0 Å². The Kier molecular flexibility index (Phi) is 5.49. The number of furan rings is 2. The molecule has 0 atom stereocenters. The van der Waals surface area contributed by atoms with Crippen molar-refractivity contribution >= 4 is 87.5 Å². The second kappa shape index (κ2) is 11.8. The SMILES string of the molecule is [2H]c1c([2H])c([2H])c(-c2cccc3oc4cc(-n5c6ccccc6c6cc(-c7ccc8c(c7)c7ccccc7n8-c7ccc8oc9ccccc9c8c7)ccc65)ccc4c23)c([2H])c1[2H]. The van der Waals surface area contributed by atoms with Gasteiger partial charge in [-0.05, 0) is 101 Å². The summed E-state index contributed by atoms with van der Waals surface area (Å²) in [7, 11) is 0. The second-order valence-electron chi connectivity index (χ2n) is 14.9.